The minimum Gasteiger partial charge on any atom is -0.805 e. The Morgan fingerprint density at radius 1 is 1.73 bits per heavy atom. The molecule has 0 saturated heterocycles. The summed E-state index contributed by atoms with van der Waals surface area (Å²) in [6.07, 6.45) is 2.44. The van der Waals surface area contributed by atoms with E-state index < -0.39 is 11.7 Å². The third kappa shape index (κ3) is 1.34. The molecule has 6 nitrogen and oxygen atoms in total. The normalized spacial score (nSPS) is 9.45. The molecule has 1 aromatic rings. The molecule has 0 aliphatic heterocycles. The zero-order valence-electron chi connectivity index (χ0n) is 5.30. The van der Waals surface area contributed by atoms with E-state index in [1.165, 1.54) is 0 Å². The van der Waals surface area contributed by atoms with Crippen molar-refractivity contribution in [1.29, 1.82) is 0 Å². The summed E-state index contributed by atoms with van der Waals surface area (Å²) in [5.41, 5.74) is -0.595. The zero-order chi connectivity index (χ0) is 8.43. The summed E-state index contributed by atoms with van der Waals surface area (Å²) >= 11 is 0. The van der Waals surface area contributed by atoms with Crippen LogP contribution in [0.5, 0.6) is 0 Å². The van der Waals surface area contributed by atoms with Crippen LogP contribution in [0.4, 0.5) is 0 Å². The molecule has 0 aromatic carbocycles. The lowest BCUT2D eigenvalue weighted by Crippen LogP contribution is -2.19. The number of carbonyl (C=O) groups is 1. The Balaban J connectivity index is 3.35. The molecule has 6 heteroatoms. The lowest BCUT2D eigenvalue weighted by Gasteiger charge is -2.08. The molecule has 0 spiro atoms. The Bertz CT molecular complexity index is 343. The molecule has 58 valence electrons. The third-order valence-corrected chi connectivity index (χ3v) is 1.06. The molecule has 0 unspecified atom stereocenters. The molecule has 1 rings (SSSR count). The summed E-state index contributed by atoms with van der Waals surface area (Å²) in [5, 5.41) is 18.9. The summed E-state index contributed by atoms with van der Waals surface area (Å²) in [5.74, 6) is -1.43. The monoisotopic (exact) mass is 156 g/mol. The molecule has 0 atom stereocenters. The van der Waals surface area contributed by atoms with E-state index in [9.17, 15) is 14.9 Å². The van der Waals surface area contributed by atoms with Crippen molar-refractivity contribution in [2.24, 2.45) is 0 Å². The molecule has 0 fully saturated rings. The summed E-state index contributed by atoms with van der Waals surface area (Å²) in [4.78, 5) is 20.6. The van der Waals surface area contributed by atoms with Crippen LogP contribution in [-0.2, 0) is 0 Å². The fourth-order valence-corrected chi connectivity index (χ4v) is 0.577. The molecule has 0 aliphatic carbocycles. The van der Waals surface area contributed by atoms with Crippen molar-refractivity contribution in [2.45, 2.75) is 0 Å². The fraction of sp³-hybridized carbons (Fsp3) is 0. The Kier molecular flexibility index (Phi) is 1.59. The number of hydrogen-bond donors (Lipinski definition) is 1. The van der Waals surface area contributed by atoms with Crippen molar-refractivity contribution >= 4 is 5.97 Å². The summed E-state index contributed by atoms with van der Waals surface area (Å²) in [6, 6.07) is 0. The third-order valence-electron chi connectivity index (χ3n) is 1.06. The number of rotatable bonds is 1. The van der Waals surface area contributed by atoms with E-state index in [2.05, 4.69) is 0 Å². The molecule has 0 bridgehead atoms. The average Bonchev–Trinajstić information content (AvgIpc) is 1.94. The van der Waals surface area contributed by atoms with E-state index in [1.54, 1.807) is 0 Å². The van der Waals surface area contributed by atoms with Crippen molar-refractivity contribution in [1.82, 2.24) is 4.73 Å². The first-order valence-corrected chi connectivity index (χ1v) is 2.66. The van der Waals surface area contributed by atoms with E-state index in [1.807, 2.05) is 0 Å². The molecule has 11 heavy (non-hydrogen) atoms. The van der Waals surface area contributed by atoms with Crippen molar-refractivity contribution in [3.05, 3.63) is 34.4 Å². The Hall–Kier alpha value is -1.85. The SMILES string of the molecule is O=C(O)c1c[n+](=O)ccn1[O-]. The van der Waals surface area contributed by atoms with Crippen molar-refractivity contribution in [3.8, 4) is 0 Å². The topological polar surface area (TPSA) is 88.3 Å². The molecular weight excluding hydrogens is 152 g/mol. The van der Waals surface area contributed by atoms with Crippen LogP contribution in [-0.4, -0.2) is 15.8 Å². The molecular formula is C5H4N2O4. The van der Waals surface area contributed by atoms with E-state index in [0.29, 0.717) is 6.20 Å². The van der Waals surface area contributed by atoms with Crippen LogP contribution in [0.15, 0.2) is 18.6 Å². The lowest BCUT2D eigenvalue weighted by molar-refractivity contribution is -0.495. The van der Waals surface area contributed by atoms with Gasteiger partial charge in [-0.15, -0.1) is 0 Å². The van der Waals surface area contributed by atoms with Crippen LogP contribution in [0.25, 0.3) is 0 Å². The first kappa shape index (κ1) is 7.26. The van der Waals surface area contributed by atoms with Crippen LogP contribution >= 0.6 is 0 Å². The number of aromatic carboxylic acids is 1. The second-order valence-electron chi connectivity index (χ2n) is 1.80. The summed E-state index contributed by atoms with van der Waals surface area (Å²) in [7, 11) is 0. The van der Waals surface area contributed by atoms with Gasteiger partial charge >= 0.3 is 5.97 Å². The smallest absolute Gasteiger partial charge is 0.358 e. The van der Waals surface area contributed by atoms with Crippen LogP contribution < -0.4 is 4.43 Å². The van der Waals surface area contributed by atoms with Gasteiger partial charge in [0.15, 0.2) is 5.69 Å². The van der Waals surface area contributed by atoms with Gasteiger partial charge in [-0.25, -0.2) is 4.79 Å². The highest BCUT2D eigenvalue weighted by atomic mass is 16.5. The van der Waals surface area contributed by atoms with Crippen molar-refractivity contribution < 1.29 is 14.3 Å². The van der Waals surface area contributed by atoms with Gasteiger partial charge in [-0.2, -0.15) is 0 Å². The highest BCUT2D eigenvalue weighted by Crippen LogP contribution is 1.91. The van der Waals surface area contributed by atoms with Gasteiger partial charge in [0.1, 0.15) is 0 Å². The van der Waals surface area contributed by atoms with Gasteiger partial charge in [0.25, 0.3) is 6.20 Å². The van der Waals surface area contributed by atoms with Crippen LogP contribution in [0.3, 0.4) is 0 Å². The highest BCUT2D eigenvalue weighted by molar-refractivity contribution is 5.85. The van der Waals surface area contributed by atoms with Gasteiger partial charge in [0, 0.05) is 4.91 Å². The maximum atomic E-state index is 10.6. The molecule has 0 radical (unpaired) electrons. The van der Waals surface area contributed by atoms with E-state index in [4.69, 9.17) is 5.11 Å². The maximum absolute atomic E-state index is 10.6. The molecule has 0 saturated carbocycles. The molecule has 1 heterocycles. The quantitative estimate of drug-likeness (QED) is 0.552. The summed E-state index contributed by atoms with van der Waals surface area (Å²) < 4.78 is 0.356. The van der Waals surface area contributed by atoms with Gasteiger partial charge < -0.3 is 15.0 Å². The van der Waals surface area contributed by atoms with E-state index in [-0.39, 0.29) is 9.16 Å². The largest absolute Gasteiger partial charge is 0.805 e. The van der Waals surface area contributed by atoms with E-state index >= 15 is 0 Å². The standard InChI is InChI=1S/C5H4N2O4/c8-5(9)4-3-6(10)1-2-7(4)11/h1-3H,(H,8,9). The minimum absolute atomic E-state index is 0.108. The number of hydrogen-bond acceptors (Lipinski definition) is 3. The van der Waals surface area contributed by atoms with Gasteiger partial charge in [0.2, 0.25) is 6.20 Å². The molecule has 1 aromatic heterocycles. The Morgan fingerprint density at radius 2 is 2.36 bits per heavy atom. The molecule has 0 aliphatic rings. The minimum atomic E-state index is -1.43. The van der Waals surface area contributed by atoms with E-state index in [0.717, 1.165) is 12.4 Å². The van der Waals surface area contributed by atoms with Crippen LogP contribution in [0.1, 0.15) is 10.5 Å². The number of aromatic nitrogens is 2. The number of carboxylic acid groups (broad SMARTS) is 1. The van der Waals surface area contributed by atoms with Gasteiger partial charge in [-0.05, 0) is 0 Å². The Labute approximate surface area is 60.5 Å². The Morgan fingerprint density at radius 3 is 2.82 bits per heavy atom. The average molecular weight is 156 g/mol. The zero-order valence-corrected chi connectivity index (χ0v) is 5.30. The number of carboxylic acids is 1. The predicted molar refractivity (Wildman–Crippen MR) is 33.5 cm³/mol. The number of nitrogens with zero attached hydrogens (tertiary/aromatic N) is 2. The molecule has 0 amide bonds. The molecule has 1 N–H and O–H groups in total. The predicted octanol–water partition coefficient (Wildman–Crippen LogP) is -0.553. The van der Waals surface area contributed by atoms with Crippen molar-refractivity contribution in [2.75, 3.05) is 0 Å². The van der Waals surface area contributed by atoms with Gasteiger partial charge in [-0.1, -0.05) is 0 Å². The fourth-order valence-electron chi connectivity index (χ4n) is 0.577. The summed E-state index contributed by atoms with van der Waals surface area (Å²) in [6.45, 7) is 0. The maximum Gasteiger partial charge on any atom is 0.358 e. The first-order chi connectivity index (χ1) is 5.11. The van der Waals surface area contributed by atoms with Gasteiger partial charge in [-0.3, -0.25) is 0 Å². The lowest BCUT2D eigenvalue weighted by atomic mass is 10.5. The van der Waals surface area contributed by atoms with Crippen molar-refractivity contribution in [3.63, 3.8) is 0 Å². The van der Waals surface area contributed by atoms with Crippen LogP contribution in [0.2, 0.25) is 0 Å². The second kappa shape index (κ2) is 2.41. The second-order valence-corrected chi connectivity index (χ2v) is 1.80. The van der Waals surface area contributed by atoms with Gasteiger partial charge in [0.05, 0.1) is 10.6 Å². The van der Waals surface area contributed by atoms with Crippen LogP contribution in [0, 0.1) is 10.1 Å². The first-order valence-electron chi connectivity index (χ1n) is 2.66. The highest BCUT2D eigenvalue weighted by Gasteiger charge is 2.08.